The lowest BCUT2D eigenvalue weighted by Crippen LogP contribution is -2.10. The summed E-state index contributed by atoms with van der Waals surface area (Å²) in [7, 11) is 0. The van der Waals surface area contributed by atoms with Gasteiger partial charge in [0.2, 0.25) is 0 Å². The molecule has 0 N–H and O–H groups in total. The van der Waals surface area contributed by atoms with Gasteiger partial charge in [-0.15, -0.1) is 0 Å². The third-order valence-electron chi connectivity index (χ3n) is 3.72. The Kier molecular flexibility index (Phi) is 16.1. The maximum Gasteiger partial charge on any atom is 0.306 e. The Labute approximate surface area is 137 Å². The van der Waals surface area contributed by atoms with Gasteiger partial charge in [0, 0.05) is 5.25 Å². The first-order valence-corrected chi connectivity index (χ1v) is 9.52. The molecule has 21 heavy (non-hydrogen) atoms. The van der Waals surface area contributed by atoms with Gasteiger partial charge in [0.15, 0.2) is 0 Å². The van der Waals surface area contributed by atoms with Crippen molar-refractivity contribution in [1.29, 1.82) is 0 Å². The van der Waals surface area contributed by atoms with E-state index >= 15 is 0 Å². The fraction of sp³-hybridized carbons (Fsp3) is 0.944. The van der Waals surface area contributed by atoms with Crippen molar-refractivity contribution in [1.82, 2.24) is 0 Å². The van der Waals surface area contributed by atoms with Crippen LogP contribution in [0.5, 0.6) is 0 Å². The molecular weight excluding hydrogens is 280 g/mol. The van der Waals surface area contributed by atoms with Crippen molar-refractivity contribution in [3.63, 3.8) is 0 Å². The third kappa shape index (κ3) is 17.8. The Morgan fingerprint density at radius 3 is 1.71 bits per heavy atom. The summed E-state index contributed by atoms with van der Waals surface area (Å²) in [4.78, 5) is 11.3. The molecule has 0 amide bonds. The van der Waals surface area contributed by atoms with E-state index in [-0.39, 0.29) is 11.2 Å². The molecule has 0 aromatic rings. The highest BCUT2D eigenvalue weighted by molar-refractivity contribution is 7.80. The average molecular weight is 317 g/mol. The Balaban J connectivity index is 3.07. The molecule has 0 spiro atoms. The molecule has 3 heteroatoms. The standard InChI is InChI=1S/C18H36O2S/c1-3-4-5-6-7-8-9-10-11-12-13-14-15-20-18(19)16-17(2)21/h17,21H,3-16H2,1-2H3. The molecule has 0 bridgehead atoms. The lowest BCUT2D eigenvalue weighted by Gasteiger charge is -2.06. The molecule has 1 unspecified atom stereocenters. The van der Waals surface area contributed by atoms with Crippen molar-refractivity contribution < 1.29 is 9.53 Å². The van der Waals surface area contributed by atoms with Gasteiger partial charge in [-0.1, -0.05) is 84.5 Å². The first-order chi connectivity index (χ1) is 10.2. The maximum absolute atomic E-state index is 11.3. The van der Waals surface area contributed by atoms with Gasteiger partial charge >= 0.3 is 5.97 Å². The van der Waals surface area contributed by atoms with Gasteiger partial charge in [-0.25, -0.2) is 0 Å². The number of carbonyl (C=O) groups excluding carboxylic acids is 1. The normalized spacial score (nSPS) is 12.3. The molecule has 0 saturated carbocycles. The quantitative estimate of drug-likeness (QED) is 0.230. The van der Waals surface area contributed by atoms with Crippen LogP contribution in [0.15, 0.2) is 0 Å². The van der Waals surface area contributed by atoms with E-state index in [0.29, 0.717) is 13.0 Å². The summed E-state index contributed by atoms with van der Waals surface area (Å²) in [5.74, 6) is -0.111. The zero-order valence-electron chi connectivity index (χ0n) is 14.2. The van der Waals surface area contributed by atoms with Crippen LogP contribution in [0.4, 0.5) is 0 Å². The molecule has 0 rings (SSSR count). The molecule has 0 heterocycles. The monoisotopic (exact) mass is 316 g/mol. The van der Waals surface area contributed by atoms with Crippen LogP contribution < -0.4 is 0 Å². The summed E-state index contributed by atoms with van der Waals surface area (Å²) in [5.41, 5.74) is 0. The van der Waals surface area contributed by atoms with E-state index in [0.717, 1.165) is 6.42 Å². The highest BCUT2D eigenvalue weighted by Gasteiger charge is 2.05. The summed E-state index contributed by atoms with van der Waals surface area (Å²) in [6.45, 7) is 4.76. The van der Waals surface area contributed by atoms with Crippen molar-refractivity contribution in [2.45, 2.75) is 103 Å². The van der Waals surface area contributed by atoms with Crippen LogP contribution in [0.25, 0.3) is 0 Å². The molecule has 0 saturated heterocycles. The number of rotatable bonds is 15. The molecule has 2 nitrogen and oxygen atoms in total. The first-order valence-electron chi connectivity index (χ1n) is 9.00. The largest absolute Gasteiger partial charge is 0.466 e. The van der Waals surface area contributed by atoms with E-state index in [1.165, 1.54) is 70.6 Å². The predicted molar refractivity (Wildman–Crippen MR) is 95.1 cm³/mol. The van der Waals surface area contributed by atoms with Crippen molar-refractivity contribution in [2.75, 3.05) is 6.61 Å². The van der Waals surface area contributed by atoms with E-state index < -0.39 is 0 Å². The van der Waals surface area contributed by atoms with E-state index in [1.807, 2.05) is 6.92 Å². The average Bonchev–Trinajstić information content (AvgIpc) is 2.43. The topological polar surface area (TPSA) is 26.3 Å². The predicted octanol–water partition coefficient (Wildman–Crippen LogP) is 5.94. The number of ether oxygens (including phenoxy) is 1. The minimum Gasteiger partial charge on any atom is -0.466 e. The smallest absolute Gasteiger partial charge is 0.306 e. The molecule has 0 aromatic heterocycles. The Morgan fingerprint density at radius 1 is 0.857 bits per heavy atom. The van der Waals surface area contributed by atoms with Gasteiger partial charge in [-0.3, -0.25) is 4.79 Å². The van der Waals surface area contributed by atoms with Crippen molar-refractivity contribution in [3.8, 4) is 0 Å². The molecule has 0 aliphatic heterocycles. The minimum absolute atomic E-state index is 0.0967. The zero-order chi connectivity index (χ0) is 15.8. The Bertz CT molecular complexity index is 229. The van der Waals surface area contributed by atoms with Gasteiger partial charge < -0.3 is 4.74 Å². The van der Waals surface area contributed by atoms with Crippen molar-refractivity contribution in [3.05, 3.63) is 0 Å². The zero-order valence-corrected chi connectivity index (χ0v) is 15.1. The van der Waals surface area contributed by atoms with Gasteiger partial charge in [0.1, 0.15) is 0 Å². The van der Waals surface area contributed by atoms with E-state index in [2.05, 4.69) is 19.6 Å². The molecular formula is C18H36O2S. The summed E-state index contributed by atoms with van der Waals surface area (Å²) >= 11 is 4.18. The van der Waals surface area contributed by atoms with Crippen LogP contribution in [-0.2, 0) is 9.53 Å². The van der Waals surface area contributed by atoms with Gasteiger partial charge in [0.05, 0.1) is 13.0 Å². The fourth-order valence-electron chi connectivity index (χ4n) is 2.43. The number of esters is 1. The molecule has 0 fully saturated rings. The number of unbranched alkanes of at least 4 members (excludes halogenated alkanes) is 11. The van der Waals surface area contributed by atoms with E-state index in [4.69, 9.17) is 4.74 Å². The lowest BCUT2D eigenvalue weighted by atomic mass is 10.1. The number of thiol groups is 1. The number of hydrogen-bond acceptors (Lipinski definition) is 3. The summed E-state index contributed by atoms with van der Waals surface area (Å²) in [5, 5.41) is 0.0967. The molecule has 0 aliphatic rings. The van der Waals surface area contributed by atoms with E-state index in [9.17, 15) is 4.79 Å². The fourth-order valence-corrected chi connectivity index (χ4v) is 2.58. The Hall–Kier alpha value is -0.180. The second-order valence-electron chi connectivity index (χ2n) is 6.16. The van der Waals surface area contributed by atoms with Crippen molar-refractivity contribution >= 4 is 18.6 Å². The van der Waals surface area contributed by atoms with Crippen LogP contribution in [0.3, 0.4) is 0 Å². The van der Waals surface area contributed by atoms with E-state index in [1.54, 1.807) is 0 Å². The molecule has 1 atom stereocenters. The van der Waals surface area contributed by atoms with Crippen LogP contribution in [0.2, 0.25) is 0 Å². The second kappa shape index (κ2) is 16.2. The molecule has 0 radical (unpaired) electrons. The maximum atomic E-state index is 11.3. The number of carbonyl (C=O) groups is 1. The number of hydrogen-bond donors (Lipinski definition) is 1. The summed E-state index contributed by atoms with van der Waals surface area (Å²) < 4.78 is 5.16. The van der Waals surface area contributed by atoms with Gasteiger partial charge in [0.25, 0.3) is 0 Å². The van der Waals surface area contributed by atoms with Crippen molar-refractivity contribution in [2.24, 2.45) is 0 Å². The summed E-state index contributed by atoms with van der Waals surface area (Å²) in [6, 6.07) is 0. The van der Waals surface area contributed by atoms with Gasteiger partial charge in [-0.05, 0) is 6.42 Å². The lowest BCUT2D eigenvalue weighted by molar-refractivity contribution is -0.143. The Morgan fingerprint density at radius 2 is 1.29 bits per heavy atom. The second-order valence-corrected chi connectivity index (χ2v) is 7.04. The first kappa shape index (κ1) is 20.8. The van der Waals surface area contributed by atoms with Crippen LogP contribution >= 0.6 is 12.6 Å². The minimum atomic E-state index is -0.111. The molecule has 0 aromatic carbocycles. The van der Waals surface area contributed by atoms with Gasteiger partial charge in [-0.2, -0.15) is 12.6 Å². The third-order valence-corrected chi connectivity index (χ3v) is 3.91. The highest BCUT2D eigenvalue weighted by atomic mass is 32.1. The molecule has 126 valence electrons. The highest BCUT2D eigenvalue weighted by Crippen LogP contribution is 2.12. The van der Waals surface area contributed by atoms with Crippen LogP contribution in [-0.4, -0.2) is 17.8 Å². The molecule has 0 aliphatic carbocycles. The SMILES string of the molecule is CCCCCCCCCCCCCCOC(=O)CC(C)S. The van der Waals surface area contributed by atoms with Crippen LogP contribution in [0.1, 0.15) is 97.3 Å². The summed E-state index contributed by atoms with van der Waals surface area (Å²) in [6.07, 6.45) is 16.4. The van der Waals surface area contributed by atoms with Crippen LogP contribution in [0, 0.1) is 0 Å².